The number of hydrogen-bond donors (Lipinski definition) is 1. The van der Waals surface area contributed by atoms with Gasteiger partial charge in [0.2, 0.25) is 5.91 Å². The molecule has 5 rings (SSSR count). The van der Waals surface area contributed by atoms with Gasteiger partial charge in [0.15, 0.2) is 5.65 Å². The summed E-state index contributed by atoms with van der Waals surface area (Å²) in [5, 5.41) is 5.00. The Balaban J connectivity index is 1.47. The smallest absolute Gasteiger partial charge is 0.354 e. The van der Waals surface area contributed by atoms with Crippen molar-refractivity contribution in [1.82, 2.24) is 29.4 Å². The van der Waals surface area contributed by atoms with E-state index in [0.29, 0.717) is 23.6 Å². The predicted octanol–water partition coefficient (Wildman–Crippen LogP) is 5.68. The summed E-state index contributed by atoms with van der Waals surface area (Å²) < 4.78 is 42.7. The maximum absolute atomic E-state index is 13.9. The van der Waals surface area contributed by atoms with E-state index in [1.165, 1.54) is 10.1 Å². The van der Waals surface area contributed by atoms with Crippen LogP contribution in [0.2, 0.25) is 0 Å². The van der Waals surface area contributed by atoms with Crippen LogP contribution >= 0.6 is 0 Å². The first-order chi connectivity index (χ1) is 18.0. The molecule has 4 heterocycles. The molecule has 0 atom stereocenters. The Bertz CT molecular complexity index is 1460. The molecule has 1 fully saturated rings. The van der Waals surface area contributed by atoms with Crippen LogP contribution in [-0.4, -0.2) is 69.0 Å². The fraction of sp³-hybridized carbons (Fsp3) is 0.464. The van der Waals surface area contributed by atoms with Crippen molar-refractivity contribution in [2.75, 3.05) is 33.7 Å². The molecule has 10 heteroatoms. The number of carbonyl (C=O) groups excluding carboxylic acids is 1. The molecule has 1 amide bonds. The van der Waals surface area contributed by atoms with Crippen molar-refractivity contribution in [2.45, 2.75) is 51.1 Å². The fourth-order valence-corrected chi connectivity index (χ4v) is 5.52. The Morgan fingerprint density at radius 3 is 2.58 bits per heavy atom. The fourth-order valence-electron chi connectivity index (χ4n) is 5.52. The molecule has 0 bridgehead atoms. The summed E-state index contributed by atoms with van der Waals surface area (Å²) in [5.74, 6) is 0.609. The highest BCUT2D eigenvalue weighted by Crippen LogP contribution is 2.40. The highest BCUT2D eigenvalue weighted by Gasteiger charge is 2.35. The maximum Gasteiger partial charge on any atom is 0.420 e. The molecule has 0 aliphatic carbocycles. The van der Waals surface area contributed by atoms with Gasteiger partial charge < -0.3 is 14.8 Å². The van der Waals surface area contributed by atoms with Crippen LogP contribution < -0.4 is 0 Å². The minimum atomic E-state index is -4.55. The molecule has 202 valence electrons. The number of benzene rings is 1. The molecule has 0 saturated carbocycles. The lowest BCUT2D eigenvalue weighted by molar-refractivity contribution is -0.136. The summed E-state index contributed by atoms with van der Waals surface area (Å²) in [6.07, 6.45) is 0.499. The number of rotatable bonds is 6. The van der Waals surface area contributed by atoms with E-state index in [4.69, 9.17) is 0 Å². The summed E-state index contributed by atoms with van der Waals surface area (Å²) in [4.78, 5) is 23.7. The molecule has 7 nitrogen and oxygen atoms in total. The van der Waals surface area contributed by atoms with Gasteiger partial charge in [-0.05, 0) is 68.1 Å². The Labute approximate surface area is 219 Å². The number of aromatic nitrogens is 4. The van der Waals surface area contributed by atoms with Gasteiger partial charge in [-0.15, -0.1) is 0 Å². The summed E-state index contributed by atoms with van der Waals surface area (Å²) in [6, 6.07) is 7.46. The van der Waals surface area contributed by atoms with E-state index in [1.807, 2.05) is 30.0 Å². The molecule has 38 heavy (non-hydrogen) atoms. The molecule has 1 saturated heterocycles. The van der Waals surface area contributed by atoms with Crippen LogP contribution in [0.1, 0.15) is 61.6 Å². The van der Waals surface area contributed by atoms with Gasteiger partial charge in [0.05, 0.1) is 5.69 Å². The molecule has 0 unspecified atom stereocenters. The number of fused-ring (bicyclic) bond motifs is 2. The minimum absolute atomic E-state index is 0.0749. The van der Waals surface area contributed by atoms with Crippen LogP contribution in [0.15, 0.2) is 36.8 Å². The highest BCUT2D eigenvalue weighted by molar-refractivity contribution is 5.92. The average Bonchev–Trinajstić information content (AvgIpc) is 3.50. The number of nitrogens with one attached hydrogen (secondary N) is 1. The lowest BCUT2D eigenvalue weighted by Crippen LogP contribution is -2.39. The second kappa shape index (κ2) is 10.1. The molecule has 1 aliphatic rings. The van der Waals surface area contributed by atoms with E-state index in [2.05, 4.69) is 41.0 Å². The summed E-state index contributed by atoms with van der Waals surface area (Å²) in [6.45, 7) is 6.33. The zero-order chi connectivity index (χ0) is 27.2. The number of alkyl halides is 3. The third-order valence-electron chi connectivity index (χ3n) is 7.50. The topological polar surface area (TPSA) is 69.5 Å². The van der Waals surface area contributed by atoms with E-state index in [0.717, 1.165) is 61.3 Å². The van der Waals surface area contributed by atoms with E-state index >= 15 is 0 Å². The van der Waals surface area contributed by atoms with Gasteiger partial charge in [0, 0.05) is 48.7 Å². The Kier molecular flexibility index (Phi) is 6.94. The van der Waals surface area contributed by atoms with Crippen molar-refractivity contribution in [2.24, 2.45) is 0 Å². The van der Waals surface area contributed by atoms with Gasteiger partial charge in [0.25, 0.3) is 0 Å². The van der Waals surface area contributed by atoms with Crippen molar-refractivity contribution in [3.8, 4) is 11.3 Å². The van der Waals surface area contributed by atoms with Gasteiger partial charge in [-0.2, -0.15) is 18.3 Å². The van der Waals surface area contributed by atoms with Crippen molar-refractivity contribution >= 4 is 22.5 Å². The third kappa shape index (κ3) is 5.01. The molecular weight excluding hydrogens is 493 g/mol. The van der Waals surface area contributed by atoms with E-state index in [9.17, 15) is 18.0 Å². The van der Waals surface area contributed by atoms with Crippen LogP contribution in [0, 0.1) is 0 Å². The summed E-state index contributed by atoms with van der Waals surface area (Å²) in [5.41, 5.74) is 3.12. The van der Waals surface area contributed by atoms with Crippen LogP contribution in [0.4, 0.5) is 13.2 Å². The monoisotopic (exact) mass is 526 g/mol. The van der Waals surface area contributed by atoms with Crippen molar-refractivity contribution in [3.05, 3.63) is 53.5 Å². The predicted molar refractivity (Wildman–Crippen MR) is 141 cm³/mol. The number of piperidine rings is 1. The zero-order valence-electron chi connectivity index (χ0n) is 22.1. The van der Waals surface area contributed by atoms with E-state index in [-0.39, 0.29) is 17.5 Å². The minimum Gasteiger partial charge on any atom is -0.354 e. The Morgan fingerprint density at radius 1 is 1.18 bits per heavy atom. The number of nitrogens with zero attached hydrogens (tertiary/aromatic N) is 5. The number of pyridine rings is 1. The molecular formula is C28H33F3N6O. The second-order valence-corrected chi connectivity index (χ2v) is 10.8. The number of halogens is 3. The summed E-state index contributed by atoms with van der Waals surface area (Å²) in [7, 11) is 3.94. The molecule has 1 aliphatic heterocycles. The summed E-state index contributed by atoms with van der Waals surface area (Å²) >= 11 is 0. The van der Waals surface area contributed by atoms with Crippen LogP contribution in [0.5, 0.6) is 0 Å². The SMILES string of the molecule is CC(C)c1c(-c2cc(C(F)(F)F)c3ncnn3c2)[nH]c2ccc(C3CCN(C(=O)CCN(C)C)CC3)cc12. The first-order valence-corrected chi connectivity index (χ1v) is 13.0. The van der Waals surface area contributed by atoms with E-state index < -0.39 is 11.7 Å². The normalized spacial score (nSPS) is 15.4. The van der Waals surface area contributed by atoms with Crippen LogP contribution in [0.3, 0.4) is 0 Å². The number of aromatic amines is 1. The van der Waals surface area contributed by atoms with Crippen LogP contribution in [-0.2, 0) is 11.0 Å². The lowest BCUT2D eigenvalue weighted by atomic mass is 9.87. The Morgan fingerprint density at radius 2 is 1.92 bits per heavy atom. The standard InChI is InChI=1S/C28H33F3N6O/c1-17(2)25-21-13-19(18-7-11-36(12-8-18)24(38)9-10-35(3)4)5-6-23(21)34-26(25)20-14-22(28(29,30)31)27-32-16-33-37(27)15-20/h5-6,13-18,34H,7-12H2,1-4H3. The lowest BCUT2D eigenvalue weighted by Gasteiger charge is -2.32. The molecule has 1 N–H and O–H groups in total. The number of H-pyrrole nitrogens is 1. The average molecular weight is 527 g/mol. The first kappa shape index (κ1) is 26.2. The second-order valence-electron chi connectivity index (χ2n) is 10.8. The van der Waals surface area contributed by atoms with Crippen LogP contribution in [0.25, 0.3) is 27.8 Å². The van der Waals surface area contributed by atoms with E-state index in [1.54, 1.807) is 6.20 Å². The van der Waals surface area contributed by atoms with Crippen molar-refractivity contribution < 1.29 is 18.0 Å². The van der Waals surface area contributed by atoms with Gasteiger partial charge in [-0.25, -0.2) is 9.50 Å². The third-order valence-corrected chi connectivity index (χ3v) is 7.50. The van der Waals surface area contributed by atoms with Crippen molar-refractivity contribution in [3.63, 3.8) is 0 Å². The molecule has 0 spiro atoms. The highest BCUT2D eigenvalue weighted by atomic mass is 19.4. The van der Waals surface area contributed by atoms with Gasteiger partial charge >= 0.3 is 6.18 Å². The van der Waals surface area contributed by atoms with Gasteiger partial charge in [0.1, 0.15) is 11.9 Å². The van der Waals surface area contributed by atoms with Crippen molar-refractivity contribution in [1.29, 1.82) is 0 Å². The number of likely N-dealkylation sites (tertiary alicyclic amines) is 1. The van der Waals surface area contributed by atoms with Gasteiger partial charge in [-0.3, -0.25) is 4.79 Å². The molecule has 1 aromatic carbocycles. The molecule has 0 radical (unpaired) electrons. The first-order valence-electron chi connectivity index (χ1n) is 13.0. The quantitative estimate of drug-likeness (QED) is 0.351. The molecule has 4 aromatic rings. The zero-order valence-corrected chi connectivity index (χ0v) is 22.1. The van der Waals surface area contributed by atoms with Gasteiger partial charge in [-0.1, -0.05) is 19.9 Å². The number of carbonyl (C=O) groups is 1. The molecule has 3 aromatic heterocycles. The Hall–Kier alpha value is -3.40. The maximum atomic E-state index is 13.9. The largest absolute Gasteiger partial charge is 0.420 e. The number of amides is 1. The number of hydrogen-bond acceptors (Lipinski definition) is 4.